The van der Waals surface area contributed by atoms with Gasteiger partial charge in [-0.3, -0.25) is 5.10 Å². The molecule has 0 radical (unpaired) electrons. The summed E-state index contributed by atoms with van der Waals surface area (Å²) in [6.45, 7) is 2.79. The van der Waals surface area contributed by atoms with E-state index in [2.05, 4.69) is 20.5 Å². The lowest BCUT2D eigenvalue weighted by Crippen LogP contribution is -2.28. The molecule has 0 saturated heterocycles. The van der Waals surface area contributed by atoms with Crippen molar-refractivity contribution in [2.45, 2.75) is 19.8 Å². The van der Waals surface area contributed by atoms with Gasteiger partial charge in [0.15, 0.2) is 0 Å². The number of carbonyl (C=O) groups excluding carboxylic acids is 1. The largest absolute Gasteiger partial charge is 0.450 e. The zero-order valence-electron chi connectivity index (χ0n) is 12.9. The van der Waals surface area contributed by atoms with Crippen LogP contribution in [0.25, 0.3) is 0 Å². The molecule has 0 aliphatic carbocycles. The van der Waals surface area contributed by atoms with Crippen LogP contribution in [-0.4, -0.2) is 46.4 Å². The summed E-state index contributed by atoms with van der Waals surface area (Å²) in [5, 5.41) is 10.1. The first-order valence-electron chi connectivity index (χ1n) is 7.30. The minimum absolute atomic E-state index is 0.300. The van der Waals surface area contributed by atoms with Crippen LogP contribution >= 0.6 is 0 Å². The number of ether oxygens (including phenoxy) is 1. The maximum atomic E-state index is 11.5. The Kier molecular flexibility index (Phi) is 5.76. The van der Waals surface area contributed by atoms with E-state index in [1.807, 2.05) is 30.3 Å². The van der Waals surface area contributed by atoms with Crippen molar-refractivity contribution in [1.82, 2.24) is 20.1 Å². The molecule has 0 unspecified atom stereocenters. The Labute approximate surface area is 129 Å². The molecule has 0 atom stereocenters. The molecule has 2 N–H and O–H groups in total. The third kappa shape index (κ3) is 4.76. The molecule has 0 spiro atoms. The van der Waals surface area contributed by atoms with E-state index >= 15 is 0 Å². The van der Waals surface area contributed by atoms with E-state index in [0.717, 1.165) is 17.9 Å². The molecule has 7 heteroatoms. The van der Waals surface area contributed by atoms with Gasteiger partial charge in [-0.25, -0.2) is 4.79 Å². The summed E-state index contributed by atoms with van der Waals surface area (Å²) in [5.74, 6) is 1.33. The van der Waals surface area contributed by atoms with Gasteiger partial charge in [-0.2, -0.15) is 4.98 Å². The molecule has 0 fully saturated rings. The lowest BCUT2D eigenvalue weighted by Gasteiger charge is -2.15. The molecule has 7 nitrogen and oxygen atoms in total. The van der Waals surface area contributed by atoms with E-state index in [-0.39, 0.29) is 6.09 Å². The highest BCUT2D eigenvalue weighted by Crippen LogP contribution is 2.11. The van der Waals surface area contributed by atoms with E-state index in [1.165, 1.54) is 0 Å². The number of rotatable bonds is 7. The summed E-state index contributed by atoms with van der Waals surface area (Å²) in [6, 6.07) is 9.74. The Morgan fingerprint density at radius 2 is 2.14 bits per heavy atom. The van der Waals surface area contributed by atoms with Crippen molar-refractivity contribution in [2.24, 2.45) is 0 Å². The predicted molar refractivity (Wildman–Crippen MR) is 84.1 cm³/mol. The SMILES string of the molecule is CCOC(=O)N(C)CCCc1nc(Nc2ccccc2)n[nH]1. The quantitative estimate of drug-likeness (QED) is 0.821. The topological polar surface area (TPSA) is 83.1 Å². The van der Waals surface area contributed by atoms with Gasteiger partial charge in [-0.15, -0.1) is 5.10 Å². The molecule has 1 aromatic carbocycles. The van der Waals surface area contributed by atoms with Gasteiger partial charge >= 0.3 is 6.09 Å². The third-order valence-electron chi connectivity index (χ3n) is 3.05. The average molecular weight is 303 g/mol. The third-order valence-corrected chi connectivity index (χ3v) is 3.05. The lowest BCUT2D eigenvalue weighted by molar-refractivity contribution is 0.116. The van der Waals surface area contributed by atoms with Crippen LogP contribution < -0.4 is 5.32 Å². The van der Waals surface area contributed by atoms with Crippen LogP contribution in [0.2, 0.25) is 0 Å². The van der Waals surface area contributed by atoms with Crippen LogP contribution in [0.4, 0.5) is 16.4 Å². The number of aromatic amines is 1. The second-order valence-electron chi connectivity index (χ2n) is 4.82. The second-order valence-corrected chi connectivity index (χ2v) is 4.82. The molecule has 118 valence electrons. The number of amides is 1. The fourth-order valence-corrected chi connectivity index (χ4v) is 1.92. The van der Waals surface area contributed by atoms with Gasteiger partial charge in [0.1, 0.15) is 5.82 Å². The van der Waals surface area contributed by atoms with Crippen LogP contribution in [0.3, 0.4) is 0 Å². The van der Waals surface area contributed by atoms with Gasteiger partial charge in [0.2, 0.25) is 5.95 Å². The summed E-state index contributed by atoms with van der Waals surface area (Å²) in [5.41, 5.74) is 0.940. The molecule has 0 bridgehead atoms. The Balaban J connectivity index is 1.76. The van der Waals surface area contributed by atoms with E-state index < -0.39 is 0 Å². The van der Waals surface area contributed by atoms with Crippen molar-refractivity contribution in [3.63, 3.8) is 0 Å². The summed E-state index contributed by atoms with van der Waals surface area (Å²) in [6.07, 6.45) is 1.20. The van der Waals surface area contributed by atoms with Gasteiger partial charge < -0.3 is 15.0 Å². The Bertz CT molecular complexity index is 585. The Hall–Kier alpha value is -2.57. The van der Waals surface area contributed by atoms with Gasteiger partial charge in [-0.05, 0) is 25.5 Å². The number of benzene rings is 1. The smallest absolute Gasteiger partial charge is 0.409 e. The molecule has 0 saturated carbocycles. The maximum Gasteiger partial charge on any atom is 0.409 e. The van der Waals surface area contributed by atoms with Crippen molar-refractivity contribution in [1.29, 1.82) is 0 Å². The second kappa shape index (κ2) is 8.02. The molecule has 22 heavy (non-hydrogen) atoms. The van der Waals surface area contributed by atoms with Gasteiger partial charge in [0.25, 0.3) is 0 Å². The first-order valence-corrected chi connectivity index (χ1v) is 7.30. The van der Waals surface area contributed by atoms with Crippen molar-refractivity contribution < 1.29 is 9.53 Å². The molecule has 2 aromatic rings. The van der Waals surface area contributed by atoms with E-state index in [4.69, 9.17) is 4.74 Å². The molecule has 1 amide bonds. The normalized spacial score (nSPS) is 10.3. The van der Waals surface area contributed by atoms with Crippen molar-refractivity contribution in [3.8, 4) is 0 Å². The number of hydrogen-bond donors (Lipinski definition) is 2. The van der Waals surface area contributed by atoms with Crippen molar-refractivity contribution in [2.75, 3.05) is 25.5 Å². The molecule has 1 aromatic heterocycles. The number of aromatic nitrogens is 3. The van der Waals surface area contributed by atoms with Crippen LogP contribution in [0.15, 0.2) is 30.3 Å². The standard InChI is InChI=1S/C15H21N5O2/c1-3-22-15(21)20(2)11-7-10-13-17-14(19-18-13)16-12-8-5-4-6-9-12/h4-6,8-9H,3,7,10-11H2,1-2H3,(H2,16,17,18,19). The number of hydrogen-bond acceptors (Lipinski definition) is 5. The van der Waals surface area contributed by atoms with E-state index in [9.17, 15) is 4.79 Å². The van der Waals surface area contributed by atoms with Crippen LogP contribution in [0, 0.1) is 0 Å². The summed E-state index contributed by atoms with van der Waals surface area (Å²) >= 11 is 0. The summed E-state index contributed by atoms with van der Waals surface area (Å²) < 4.78 is 4.92. The Morgan fingerprint density at radius 1 is 1.36 bits per heavy atom. The number of para-hydroxylation sites is 1. The number of H-pyrrole nitrogens is 1. The number of anilines is 2. The minimum Gasteiger partial charge on any atom is -0.450 e. The zero-order valence-corrected chi connectivity index (χ0v) is 12.9. The fraction of sp³-hybridized carbons (Fsp3) is 0.400. The molecule has 0 aliphatic heterocycles. The van der Waals surface area contributed by atoms with E-state index in [1.54, 1.807) is 18.9 Å². The first kappa shape index (κ1) is 15.8. The number of carbonyl (C=O) groups is 1. The van der Waals surface area contributed by atoms with Crippen molar-refractivity contribution in [3.05, 3.63) is 36.2 Å². The molecule has 1 heterocycles. The van der Waals surface area contributed by atoms with Crippen molar-refractivity contribution >= 4 is 17.7 Å². The monoisotopic (exact) mass is 303 g/mol. The lowest BCUT2D eigenvalue weighted by atomic mass is 10.3. The predicted octanol–water partition coefficient (Wildman–Crippen LogP) is 2.57. The number of nitrogens with zero attached hydrogens (tertiary/aromatic N) is 3. The summed E-state index contributed by atoms with van der Waals surface area (Å²) in [4.78, 5) is 17.4. The highest BCUT2D eigenvalue weighted by atomic mass is 16.5. The molecule has 2 rings (SSSR count). The zero-order chi connectivity index (χ0) is 15.8. The van der Waals surface area contributed by atoms with Gasteiger partial charge in [-0.1, -0.05) is 18.2 Å². The number of nitrogens with one attached hydrogen (secondary N) is 2. The first-order chi connectivity index (χ1) is 10.7. The minimum atomic E-state index is -0.300. The molecule has 0 aliphatic rings. The van der Waals surface area contributed by atoms with Gasteiger partial charge in [0, 0.05) is 25.7 Å². The van der Waals surface area contributed by atoms with Crippen LogP contribution in [0.1, 0.15) is 19.2 Å². The molecular weight excluding hydrogens is 282 g/mol. The van der Waals surface area contributed by atoms with E-state index in [0.29, 0.717) is 25.5 Å². The van der Waals surface area contributed by atoms with Crippen LogP contribution in [-0.2, 0) is 11.2 Å². The summed E-state index contributed by atoms with van der Waals surface area (Å²) in [7, 11) is 1.72. The highest BCUT2D eigenvalue weighted by Gasteiger charge is 2.09. The number of aryl methyl sites for hydroxylation is 1. The molecular formula is C15H21N5O2. The average Bonchev–Trinajstić information content (AvgIpc) is 2.96. The fourth-order valence-electron chi connectivity index (χ4n) is 1.92. The van der Waals surface area contributed by atoms with Gasteiger partial charge in [0.05, 0.1) is 6.61 Å². The highest BCUT2D eigenvalue weighted by molar-refractivity contribution is 5.67. The Morgan fingerprint density at radius 3 is 2.86 bits per heavy atom. The maximum absolute atomic E-state index is 11.5. The van der Waals surface area contributed by atoms with Crippen LogP contribution in [0.5, 0.6) is 0 Å².